The quantitative estimate of drug-likeness (QED) is 0.930. The minimum atomic E-state index is 0.552. The zero-order valence-electron chi connectivity index (χ0n) is 8.61. The molecule has 0 aliphatic rings. The first-order valence-electron chi connectivity index (χ1n) is 4.92. The van der Waals surface area contributed by atoms with E-state index < -0.39 is 0 Å². The van der Waals surface area contributed by atoms with E-state index >= 15 is 0 Å². The van der Waals surface area contributed by atoms with Crippen molar-refractivity contribution in [1.29, 1.82) is 0 Å². The van der Waals surface area contributed by atoms with Crippen LogP contribution in [0.3, 0.4) is 0 Å². The van der Waals surface area contributed by atoms with Crippen molar-refractivity contribution in [3.8, 4) is 0 Å². The van der Waals surface area contributed by atoms with Gasteiger partial charge in [0.1, 0.15) is 0 Å². The lowest BCUT2D eigenvalue weighted by molar-refractivity contribution is 1.02. The highest BCUT2D eigenvalue weighted by atomic mass is 79.9. The monoisotopic (exact) mass is 292 g/mol. The van der Waals surface area contributed by atoms with Crippen molar-refractivity contribution >= 4 is 27.7 Å². The van der Waals surface area contributed by atoms with Gasteiger partial charge in [-0.25, -0.2) is 0 Å². The lowest BCUT2D eigenvalue weighted by Gasteiger charge is -2.06. The SMILES string of the molecule is NCc1ccc[c]c1Sc1ccc(Br)cc1. The van der Waals surface area contributed by atoms with Crippen LogP contribution in [-0.4, -0.2) is 0 Å². The van der Waals surface area contributed by atoms with E-state index in [1.165, 1.54) is 4.90 Å². The van der Waals surface area contributed by atoms with Gasteiger partial charge in [-0.15, -0.1) is 0 Å². The van der Waals surface area contributed by atoms with Gasteiger partial charge in [-0.2, -0.15) is 0 Å². The molecule has 0 bridgehead atoms. The number of halogens is 1. The fourth-order valence-electron chi connectivity index (χ4n) is 1.33. The maximum atomic E-state index is 5.69. The van der Waals surface area contributed by atoms with Crippen LogP contribution >= 0.6 is 27.7 Å². The molecular weight excluding hydrogens is 282 g/mol. The molecule has 1 nitrogen and oxygen atoms in total. The molecule has 2 aromatic rings. The van der Waals surface area contributed by atoms with Gasteiger partial charge in [0.2, 0.25) is 0 Å². The Morgan fingerprint density at radius 1 is 1.19 bits per heavy atom. The third kappa shape index (κ3) is 2.88. The Morgan fingerprint density at radius 2 is 1.94 bits per heavy atom. The molecule has 0 spiro atoms. The average molecular weight is 293 g/mol. The topological polar surface area (TPSA) is 26.0 Å². The lowest BCUT2D eigenvalue weighted by atomic mass is 10.2. The maximum Gasteiger partial charge on any atom is 0.0246 e. The summed E-state index contributed by atoms with van der Waals surface area (Å²) in [5.41, 5.74) is 6.82. The van der Waals surface area contributed by atoms with Gasteiger partial charge < -0.3 is 5.73 Å². The van der Waals surface area contributed by atoms with E-state index in [0.29, 0.717) is 6.54 Å². The zero-order valence-corrected chi connectivity index (χ0v) is 11.0. The number of rotatable bonds is 3. The van der Waals surface area contributed by atoms with Crippen LogP contribution in [0.15, 0.2) is 56.7 Å². The lowest BCUT2D eigenvalue weighted by Crippen LogP contribution is -1.97. The van der Waals surface area contributed by atoms with Crippen molar-refractivity contribution in [2.24, 2.45) is 5.73 Å². The summed E-state index contributed by atoms with van der Waals surface area (Å²) in [6.45, 7) is 0.552. The molecule has 0 saturated carbocycles. The summed E-state index contributed by atoms with van der Waals surface area (Å²) in [5.74, 6) is 0. The van der Waals surface area contributed by atoms with Crippen LogP contribution in [0.1, 0.15) is 5.56 Å². The summed E-state index contributed by atoms with van der Waals surface area (Å²) >= 11 is 5.11. The molecule has 0 amide bonds. The molecule has 81 valence electrons. The molecule has 2 aromatic carbocycles. The maximum absolute atomic E-state index is 5.69. The van der Waals surface area contributed by atoms with Crippen LogP contribution in [0, 0.1) is 6.07 Å². The molecule has 3 heteroatoms. The molecule has 0 fully saturated rings. The molecule has 0 heterocycles. The third-order valence-corrected chi connectivity index (χ3v) is 3.77. The second-order valence-corrected chi connectivity index (χ2v) is 5.28. The molecule has 16 heavy (non-hydrogen) atoms. The number of hydrogen-bond acceptors (Lipinski definition) is 2. The van der Waals surface area contributed by atoms with Gasteiger partial charge in [0.25, 0.3) is 0 Å². The largest absolute Gasteiger partial charge is 0.326 e. The van der Waals surface area contributed by atoms with E-state index in [0.717, 1.165) is 14.9 Å². The Kier molecular flexibility index (Phi) is 4.04. The first-order chi connectivity index (χ1) is 7.79. The molecule has 0 unspecified atom stereocenters. The summed E-state index contributed by atoms with van der Waals surface area (Å²) in [6, 6.07) is 17.4. The van der Waals surface area contributed by atoms with Crippen LogP contribution in [0.5, 0.6) is 0 Å². The number of benzene rings is 2. The molecular formula is C13H11BrNS. The summed E-state index contributed by atoms with van der Waals surface area (Å²) in [4.78, 5) is 2.30. The molecule has 1 radical (unpaired) electrons. The van der Waals surface area contributed by atoms with Gasteiger partial charge in [-0.05, 0) is 35.9 Å². The Balaban J connectivity index is 2.23. The molecule has 0 atom stereocenters. The number of hydrogen-bond donors (Lipinski definition) is 1. The van der Waals surface area contributed by atoms with Gasteiger partial charge >= 0.3 is 0 Å². The van der Waals surface area contributed by atoms with E-state index in [1.807, 2.05) is 30.3 Å². The van der Waals surface area contributed by atoms with Crippen LogP contribution < -0.4 is 5.73 Å². The normalized spacial score (nSPS) is 10.4. The van der Waals surface area contributed by atoms with Crippen LogP contribution in [-0.2, 0) is 6.54 Å². The highest BCUT2D eigenvalue weighted by Crippen LogP contribution is 2.30. The van der Waals surface area contributed by atoms with Crippen LogP contribution in [0.4, 0.5) is 0 Å². The van der Waals surface area contributed by atoms with E-state index in [2.05, 4.69) is 34.1 Å². The smallest absolute Gasteiger partial charge is 0.0246 e. The third-order valence-electron chi connectivity index (χ3n) is 2.15. The summed E-state index contributed by atoms with van der Waals surface area (Å²) < 4.78 is 1.09. The molecule has 0 aliphatic heterocycles. The van der Waals surface area contributed by atoms with Crippen molar-refractivity contribution < 1.29 is 0 Å². The minimum absolute atomic E-state index is 0.552. The van der Waals surface area contributed by atoms with Gasteiger partial charge in [0.15, 0.2) is 0 Å². The van der Waals surface area contributed by atoms with Gasteiger partial charge in [0.05, 0.1) is 0 Å². The van der Waals surface area contributed by atoms with Crippen molar-refractivity contribution in [2.75, 3.05) is 0 Å². The van der Waals surface area contributed by atoms with Gasteiger partial charge in [-0.3, -0.25) is 0 Å². The predicted molar refractivity (Wildman–Crippen MR) is 71.4 cm³/mol. The fourth-order valence-corrected chi connectivity index (χ4v) is 2.51. The second-order valence-electron chi connectivity index (χ2n) is 3.28. The van der Waals surface area contributed by atoms with E-state index in [4.69, 9.17) is 5.73 Å². The summed E-state index contributed by atoms with van der Waals surface area (Å²) in [6.07, 6.45) is 0. The molecule has 0 saturated heterocycles. The Hall–Kier alpha value is -0.770. The van der Waals surface area contributed by atoms with Gasteiger partial charge in [0, 0.05) is 20.8 Å². The second kappa shape index (κ2) is 5.53. The Labute approximate surface area is 108 Å². The molecule has 0 aromatic heterocycles. The zero-order chi connectivity index (χ0) is 11.4. The highest BCUT2D eigenvalue weighted by Gasteiger charge is 2.02. The Morgan fingerprint density at radius 3 is 2.62 bits per heavy atom. The van der Waals surface area contributed by atoms with Crippen LogP contribution in [0.25, 0.3) is 0 Å². The summed E-state index contributed by atoms with van der Waals surface area (Å²) in [7, 11) is 0. The standard InChI is InChI=1S/C13H11BrNS/c14-11-5-7-12(8-6-11)16-13-4-2-1-3-10(13)9-15/h1-3,5-8H,9,15H2. The summed E-state index contributed by atoms with van der Waals surface area (Å²) in [5, 5.41) is 0. The van der Waals surface area contributed by atoms with Crippen molar-refractivity contribution in [1.82, 2.24) is 0 Å². The molecule has 2 N–H and O–H groups in total. The van der Waals surface area contributed by atoms with E-state index in [9.17, 15) is 0 Å². The fraction of sp³-hybridized carbons (Fsp3) is 0.0769. The van der Waals surface area contributed by atoms with Gasteiger partial charge in [-0.1, -0.05) is 45.9 Å². The average Bonchev–Trinajstić information content (AvgIpc) is 2.33. The van der Waals surface area contributed by atoms with Crippen molar-refractivity contribution in [3.05, 3.63) is 58.6 Å². The number of nitrogens with two attached hydrogens (primary N) is 1. The van der Waals surface area contributed by atoms with Crippen LogP contribution in [0.2, 0.25) is 0 Å². The first-order valence-corrected chi connectivity index (χ1v) is 6.53. The van der Waals surface area contributed by atoms with Crippen molar-refractivity contribution in [2.45, 2.75) is 16.3 Å². The Bertz CT molecular complexity index is 468. The van der Waals surface area contributed by atoms with Crippen molar-refractivity contribution in [3.63, 3.8) is 0 Å². The first kappa shape index (κ1) is 11.7. The van der Waals surface area contributed by atoms with E-state index in [1.54, 1.807) is 11.8 Å². The minimum Gasteiger partial charge on any atom is -0.326 e. The highest BCUT2D eigenvalue weighted by molar-refractivity contribution is 9.10. The van der Waals surface area contributed by atoms with E-state index in [-0.39, 0.29) is 0 Å². The molecule has 2 rings (SSSR count). The molecule has 0 aliphatic carbocycles. The predicted octanol–water partition coefficient (Wildman–Crippen LogP) is 3.86.